The maximum absolute atomic E-state index is 11.1. The average Bonchev–Trinajstić information content (AvgIpc) is 2.42. The molecule has 0 bridgehead atoms. The molecule has 0 radical (unpaired) electrons. The molecule has 0 saturated heterocycles. The first-order valence-corrected chi connectivity index (χ1v) is 6.41. The highest BCUT2D eigenvalue weighted by molar-refractivity contribution is 7.89. The van der Waals surface area contributed by atoms with Gasteiger partial charge in [0.2, 0.25) is 0 Å². The Morgan fingerprint density at radius 1 is 1.40 bits per heavy atom. The minimum atomic E-state index is -3.04. The van der Waals surface area contributed by atoms with E-state index in [0.29, 0.717) is 17.0 Å². The Morgan fingerprint density at radius 2 is 2.13 bits per heavy atom. The van der Waals surface area contributed by atoms with Crippen molar-refractivity contribution < 1.29 is 8.42 Å². The second-order valence-electron chi connectivity index (χ2n) is 3.53. The molecule has 15 heavy (non-hydrogen) atoms. The topological polar surface area (TPSA) is 77.5 Å². The van der Waals surface area contributed by atoms with E-state index >= 15 is 0 Å². The minimum absolute atomic E-state index is 0.0470. The van der Waals surface area contributed by atoms with Crippen molar-refractivity contribution in [3.05, 3.63) is 30.2 Å². The van der Waals surface area contributed by atoms with Crippen LogP contribution in [-0.4, -0.2) is 24.1 Å². The van der Waals surface area contributed by atoms with Crippen molar-refractivity contribution in [2.45, 2.75) is 5.75 Å². The van der Waals surface area contributed by atoms with Crippen molar-refractivity contribution in [3.63, 3.8) is 0 Å². The van der Waals surface area contributed by atoms with E-state index in [9.17, 15) is 8.42 Å². The number of pyridine rings is 1. The maximum atomic E-state index is 11.1. The molecule has 0 aliphatic heterocycles. The van der Waals surface area contributed by atoms with E-state index in [1.54, 1.807) is 28.9 Å². The largest absolute Gasteiger partial charge is 0.398 e. The molecule has 0 amide bonds. The summed E-state index contributed by atoms with van der Waals surface area (Å²) in [7, 11) is -3.04. The van der Waals surface area contributed by atoms with E-state index < -0.39 is 9.84 Å². The molecule has 6 heteroatoms. The lowest BCUT2D eigenvalue weighted by Gasteiger charge is -1.93. The zero-order chi connectivity index (χ0) is 11.1. The van der Waals surface area contributed by atoms with Crippen LogP contribution < -0.4 is 5.73 Å². The van der Waals surface area contributed by atoms with Crippen molar-refractivity contribution >= 4 is 21.2 Å². The fourth-order valence-corrected chi connectivity index (χ4v) is 2.08. The van der Waals surface area contributed by atoms with Gasteiger partial charge in [-0.3, -0.25) is 0 Å². The lowest BCUT2D eigenvalue weighted by molar-refractivity contribution is 0.600. The smallest absolute Gasteiger partial charge is 0.153 e. The van der Waals surface area contributed by atoms with Crippen LogP contribution in [0.2, 0.25) is 0 Å². The average molecular weight is 225 g/mol. The van der Waals surface area contributed by atoms with Crippen molar-refractivity contribution in [1.29, 1.82) is 0 Å². The van der Waals surface area contributed by atoms with Crippen LogP contribution in [0.1, 0.15) is 5.69 Å². The first-order chi connectivity index (χ1) is 6.94. The van der Waals surface area contributed by atoms with Crippen LogP contribution in [-0.2, 0) is 15.6 Å². The fraction of sp³-hybridized carbons (Fsp3) is 0.222. The summed E-state index contributed by atoms with van der Waals surface area (Å²) in [6, 6.07) is 3.48. The highest BCUT2D eigenvalue weighted by atomic mass is 32.2. The summed E-state index contributed by atoms with van der Waals surface area (Å²) in [4.78, 5) is 4.17. The van der Waals surface area contributed by atoms with Crippen molar-refractivity contribution in [1.82, 2.24) is 9.38 Å². The Hall–Kier alpha value is -1.56. The van der Waals surface area contributed by atoms with E-state index in [-0.39, 0.29) is 5.75 Å². The third kappa shape index (κ3) is 2.27. The highest BCUT2D eigenvalue weighted by Gasteiger charge is 2.08. The van der Waals surface area contributed by atoms with E-state index in [1.807, 2.05) is 0 Å². The standard InChI is InChI=1S/C9H11N3O2S/c1-15(13,14)6-8-5-12-4-7(10)2-3-9(12)11-8/h2-5H,6,10H2,1H3. The van der Waals surface area contributed by atoms with Gasteiger partial charge in [0.1, 0.15) is 5.65 Å². The zero-order valence-electron chi connectivity index (χ0n) is 8.21. The van der Waals surface area contributed by atoms with Gasteiger partial charge in [-0.15, -0.1) is 0 Å². The van der Waals surface area contributed by atoms with Crippen LogP contribution in [0.15, 0.2) is 24.5 Å². The van der Waals surface area contributed by atoms with E-state index in [4.69, 9.17) is 5.73 Å². The third-order valence-corrected chi connectivity index (χ3v) is 2.75. The maximum Gasteiger partial charge on any atom is 0.153 e. The van der Waals surface area contributed by atoms with E-state index in [1.165, 1.54) is 6.26 Å². The summed E-state index contributed by atoms with van der Waals surface area (Å²) < 4.78 is 23.9. The Bertz CT molecular complexity index is 601. The van der Waals surface area contributed by atoms with Gasteiger partial charge in [0, 0.05) is 24.3 Å². The molecular formula is C9H11N3O2S. The Kier molecular flexibility index (Phi) is 2.15. The predicted molar refractivity (Wildman–Crippen MR) is 58.2 cm³/mol. The molecule has 5 nitrogen and oxygen atoms in total. The predicted octanol–water partition coefficient (Wildman–Crippen LogP) is 0.461. The molecule has 2 aromatic rings. The lowest BCUT2D eigenvalue weighted by Crippen LogP contribution is -2.00. The van der Waals surface area contributed by atoms with Crippen LogP contribution in [0.3, 0.4) is 0 Å². The molecule has 2 rings (SSSR count). The molecule has 0 atom stereocenters. The molecule has 0 aliphatic carbocycles. The van der Waals surface area contributed by atoms with Gasteiger partial charge >= 0.3 is 0 Å². The van der Waals surface area contributed by atoms with Gasteiger partial charge in [0.15, 0.2) is 9.84 Å². The molecular weight excluding hydrogens is 214 g/mol. The second kappa shape index (κ2) is 3.23. The van der Waals surface area contributed by atoms with Gasteiger partial charge in [-0.1, -0.05) is 0 Å². The third-order valence-electron chi connectivity index (χ3n) is 1.93. The van der Waals surface area contributed by atoms with Crippen molar-refractivity contribution in [3.8, 4) is 0 Å². The summed E-state index contributed by atoms with van der Waals surface area (Å²) in [6.45, 7) is 0. The molecule has 0 spiro atoms. The van der Waals surface area contributed by atoms with Crippen molar-refractivity contribution in [2.24, 2.45) is 0 Å². The minimum Gasteiger partial charge on any atom is -0.398 e. The summed E-state index contributed by atoms with van der Waals surface area (Å²) in [5, 5.41) is 0. The van der Waals surface area contributed by atoms with Gasteiger partial charge in [0.25, 0.3) is 0 Å². The fourth-order valence-electron chi connectivity index (χ4n) is 1.40. The first-order valence-electron chi connectivity index (χ1n) is 4.35. The zero-order valence-corrected chi connectivity index (χ0v) is 9.03. The Balaban J connectivity index is 2.48. The number of aromatic nitrogens is 2. The molecule has 0 unspecified atom stereocenters. The van der Waals surface area contributed by atoms with Crippen LogP contribution in [0.25, 0.3) is 5.65 Å². The van der Waals surface area contributed by atoms with Gasteiger partial charge in [-0.25, -0.2) is 13.4 Å². The van der Waals surface area contributed by atoms with Crippen LogP contribution in [0, 0.1) is 0 Å². The summed E-state index contributed by atoms with van der Waals surface area (Å²) in [5.41, 5.74) is 7.44. The lowest BCUT2D eigenvalue weighted by atomic mass is 10.4. The van der Waals surface area contributed by atoms with Crippen LogP contribution in [0.5, 0.6) is 0 Å². The van der Waals surface area contributed by atoms with Gasteiger partial charge < -0.3 is 10.1 Å². The Labute approximate surface area is 87.5 Å². The summed E-state index contributed by atoms with van der Waals surface area (Å²) in [6.07, 6.45) is 4.56. The molecule has 2 heterocycles. The summed E-state index contributed by atoms with van der Waals surface area (Å²) in [5.74, 6) is -0.0470. The molecule has 0 saturated carbocycles. The van der Waals surface area contributed by atoms with Gasteiger partial charge in [-0.05, 0) is 12.1 Å². The van der Waals surface area contributed by atoms with E-state index in [0.717, 1.165) is 0 Å². The van der Waals surface area contributed by atoms with Crippen LogP contribution in [0.4, 0.5) is 5.69 Å². The normalized spacial score (nSPS) is 12.1. The number of nitrogen functional groups attached to an aromatic ring is 1. The van der Waals surface area contributed by atoms with Gasteiger partial charge in [-0.2, -0.15) is 0 Å². The second-order valence-corrected chi connectivity index (χ2v) is 5.67. The number of sulfone groups is 1. The van der Waals surface area contributed by atoms with E-state index in [2.05, 4.69) is 4.98 Å². The molecule has 80 valence electrons. The highest BCUT2D eigenvalue weighted by Crippen LogP contribution is 2.10. The number of hydrogen-bond acceptors (Lipinski definition) is 4. The quantitative estimate of drug-likeness (QED) is 0.805. The molecule has 0 aliphatic rings. The van der Waals surface area contributed by atoms with Crippen molar-refractivity contribution in [2.75, 3.05) is 12.0 Å². The van der Waals surface area contributed by atoms with Gasteiger partial charge in [0.05, 0.1) is 11.4 Å². The number of nitrogens with two attached hydrogens (primary N) is 1. The number of anilines is 1. The van der Waals surface area contributed by atoms with Crippen LogP contribution >= 0.6 is 0 Å². The monoisotopic (exact) mass is 225 g/mol. The number of nitrogens with zero attached hydrogens (tertiary/aromatic N) is 2. The first kappa shape index (κ1) is 9.97. The molecule has 2 N–H and O–H groups in total. The number of imidazole rings is 1. The molecule has 0 aromatic carbocycles. The Morgan fingerprint density at radius 3 is 2.80 bits per heavy atom. The number of fused-ring (bicyclic) bond motifs is 1. The number of hydrogen-bond donors (Lipinski definition) is 1. The molecule has 0 fully saturated rings. The molecule has 2 aromatic heterocycles. The number of rotatable bonds is 2. The SMILES string of the molecule is CS(=O)(=O)Cc1cn2cc(N)ccc2n1. The summed E-state index contributed by atoms with van der Waals surface area (Å²) >= 11 is 0.